The van der Waals surface area contributed by atoms with Crippen molar-refractivity contribution in [1.29, 1.82) is 0 Å². The van der Waals surface area contributed by atoms with Crippen molar-refractivity contribution in [2.45, 2.75) is 11.8 Å². The van der Waals surface area contributed by atoms with Gasteiger partial charge < -0.3 is 0 Å². The highest BCUT2D eigenvalue weighted by Crippen LogP contribution is 2.58. The Hall–Kier alpha value is -0.860. The molecule has 1 saturated carbocycles. The van der Waals surface area contributed by atoms with Crippen LogP contribution in [-0.4, -0.2) is 18.1 Å². The van der Waals surface area contributed by atoms with Crippen molar-refractivity contribution in [3.05, 3.63) is 35.9 Å². The van der Waals surface area contributed by atoms with Gasteiger partial charge in [0.05, 0.1) is 0 Å². The van der Waals surface area contributed by atoms with Crippen molar-refractivity contribution in [3.63, 3.8) is 0 Å². The molecule has 2 atom stereocenters. The first-order valence-electron chi connectivity index (χ1n) is 4.86. The highest BCUT2D eigenvalue weighted by molar-refractivity contribution is 5.36. The Morgan fingerprint density at radius 1 is 1.31 bits per heavy atom. The average molecular weight is 174 g/mol. The van der Waals surface area contributed by atoms with Crippen LogP contribution in [0, 0.1) is 5.92 Å². The molecule has 2 N–H and O–H groups in total. The van der Waals surface area contributed by atoms with Crippen LogP contribution >= 0.6 is 0 Å². The summed E-state index contributed by atoms with van der Waals surface area (Å²) >= 11 is 0. The molecular formula is C11H14N2. The fourth-order valence-electron chi connectivity index (χ4n) is 2.74. The highest BCUT2D eigenvalue weighted by Gasteiger charge is 2.60. The van der Waals surface area contributed by atoms with Gasteiger partial charge in [-0.3, -0.25) is 5.84 Å². The minimum Gasteiger partial charge on any atom is -0.269 e. The van der Waals surface area contributed by atoms with Crippen LogP contribution < -0.4 is 5.84 Å². The van der Waals surface area contributed by atoms with Crippen molar-refractivity contribution < 1.29 is 0 Å². The van der Waals surface area contributed by atoms with Gasteiger partial charge in [-0.15, -0.1) is 0 Å². The normalized spacial score (nSPS) is 37.5. The number of hydrogen-bond donors (Lipinski definition) is 1. The van der Waals surface area contributed by atoms with Crippen LogP contribution in [0.3, 0.4) is 0 Å². The second kappa shape index (κ2) is 2.34. The summed E-state index contributed by atoms with van der Waals surface area (Å²) < 4.78 is 0. The van der Waals surface area contributed by atoms with Crippen molar-refractivity contribution in [3.8, 4) is 0 Å². The number of nitrogens with zero attached hydrogens (tertiary/aromatic N) is 1. The quantitative estimate of drug-likeness (QED) is 0.647. The topological polar surface area (TPSA) is 29.3 Å². The second-order valence-corrected chi connectivity index (χ2v) is 4.35. The summed E-state index contributed by atoms with van der Waals surface area (Å²) in [6.45, 7) is 2.12. The molecule has 1 aliphatic heterocycles. The molecule has 3 rings (SSSR count). The molecule has 1 aromatic rings. The Morgan fingerprint density at radius 2 is 2.08 bits per heavy atom. The van der Waals surface area contributed by atoms with Gasteiger partial charge in [0.15, 0.2) is 0 Å². The highest BCUT2D eigenvalue weighted by atomic mass is 15.4. The number of fused-ring (bicyclic) bond motifs is 1. The molecule has 13 heavy (non-hydrogen) atoms. The Bertz CT molecular complexity index is 322. The molecular weight excluding hydrogens is 160 g/mol. The van der Waals surface area contributed by atoms with Crippen LogP contribution in [0.1, 0.15) is 12.0 Å². The van der Waals surface area contributed by atoms with E-state index in [0.717, 1.165) is 19.0 Å². The monoisotopic (exact) mass is 174 g/mol. The van der Waals surface area contributed by atoms with Crippen LogP contribution in [0.5, 0.6) is 0 Å². The van der Waals surface area contributed by atoms with Crippen LogP contribution in [0.4, 0.5) is 0 Å². The summed E-state index contributed by atoms with van der Waals surface area (Å²) in [6, 6.07) is 10.8. The average Bonchev–Trinajstić information content (AvgIpc) is 2.72. The van der Waals surface area contributed by atoms with Crippen molar-refractivity contribution >= 4 is 0 Å². The van der Waals surface area contributed by atoms with Crippen LogP contribution in [0.25, 0.3) is 0 Å². The third kappa shape index (κ3) is 0.960. The lowest BCUT2D eigenvalue weighted by molar-refractivity contribution is 0.310. The van der Waals surface area contributed by atoms with E-state index in [4.69, 9.17) is 5.84 Å². The Kier molecular flexibility index (Phi) is 1.35. The molecule has 2 heteroatoms. The van der Waals surface area contributed by atoms with Gasteiger partial charge in [0.1, 0.15) is 0 Å². The van der Waals surface area contributed by atoms with E-state index in [1.807, 2.05) is 5.01 Å². The third-order valence-electron chi connectivity index (χ3n) is 3.52. The summed E-state index contributed by atoms with van der Waals surface area (Å²) in [5.41, 5.74) is 1.91. The van der Waals surface area contributed by atoms with E-state index < -0.39 is 0 Å². The number of benzene rings is 1. The summed E-state index contributed by atoms with van der Waals surface area (Å²) in [6.07, 6.45) is 1.34. The Morgan fingerprint density at radius 3 is 2.69 bits per heavy atom. The SMILES string of the molecule is NN1CC2CC2(c2ccccc2)C1. The van der Waals surface area contributed by atoms with E-state index in [2.05, 4.69) is 30.3 Å². The zero-order chi connectivity index (χ0) is 8.89. The maximum absolute atomic E-state index is 5.81. The number of nitrogens with two attached hydrogens (primary N) is 1. The van der Waals surface area contributed by atoms with Gasteiger partial charge in [-0.1, -0.05) is 30.3 Å². The zero-order valence-electron chi connectivity index (χ0n) is 7.61. The van der Waals surface area contributed by atoms with Gasteiger partial charge in [-0.25, -0.2) is 5.01 Å². The fraction of sp³-hybridized carbons (Fsp3) is 0.455. The van der Waals surface area contributed by atoms with Gasteiger partial charge in [0.25, 0.3) is 0 Å². The molecule has 1 heterocycles. The summed E-state index contributed by atoms with van der Waals surface area (Å²) in [5.74, 6) is 6.63. The molecule has 0 radical (unpaired) electrons. The van der Waals surface area contributed by atoms with Crippen molar-refractivity contribution in [1.82, 2.24) is 5.01 Å². The molecule has 68 valence electrons. The maximum Gasteiger partial charge on any atom is 0.0229 e. The fourth-order valence-corrected chi connectivity index (χ4v) is 2.74. The third-order valence-corrected chi connectivity index (χ3v) is 3.52. The molecule has 0 spiro atoms. The van der Waals surface area contributed by atoms with E-state index in [1.165, 1.54) is 12.0 Å². The van der Waals surface area contributed by atoms with Gasteiger partial charge in [0.2, 0.25) is 0 Å². The van der Waals surface area contributed by atoms with E-state index in [9.17, 15) is 0 Å². The van der Waals surface area contributed by atoms with Gasteiger partial charge in [-0.05, 0) is 17.9 Å². The van der Waals surface area contributed by atoms with Gasteiger partial charge in [-0.2, -0.15) is 0 Å². The van der Waals surface area contributed by atoms with Crippen LogP contribution in [-0.2, 0) is 5.41 Å². The second-order valence-electron chi connectivity index (χ2n) is 4.35. The van der Waals surface area contributed by atoms with Crippen molar-refractivity contribution in [2.24, 2.45) is 11.8 Å². The van der Waals surface area contributed by atoms with E-state index in [1.54, 1.807) is 0 Å². The molecule has 0 bridgehead atoms. The number of hydrazine groups is 1. The lowest BCUT2D eigenvalue weighted by Crippen LogP contribution is -2.32. The standard InChI is InChI=1S/C11H14N2/c12-13-7-10-6-11(10,8-13)9-4-2-1-3-5-9/h1-5,10H,6-8,12H2. The van der Waals surface area contributed by atoms with Gasteiger partial charge in [0, 0.05) is 18.5 Å². The largest absolute Gasteiger partial charge is 0.269 e. The number of piperidine rings is 1. The van der Waals surface area contributed by atoms with E-state index >= 15 is 0 Å². The first kappa shape index (κ1) is 7.54. The lowest BCUT2D eigenvalue weighted by atomic mass is 9.95. The molecule has 0 aromatic heterocycles. The maximum atomic E-state index is 5.81. The number of hydrogen-bond acceptors (Lipinski definition) is 2. The first-order chi connectivity index (χ1) is 6.31. The summed E-state index contributed by atoms with van der Waals surface area (Å²) in [7, 11) is 0. The van der Waals surface area contributed by atoms with E-state index in [-0.39, 0.29) is 0 Å². The van der Waals surface area contributed by atoms with Crippen molar-refractivity contribution in [2.75, 3.05) is 13.1 Å². The van der Waals surface area contributed by atoms with Crippen LogP contribution in [0.15, 0.2) is 30.3 Å². The molecule has 2 unspecified atom stereocenters. The predicted octanol–water partition coefficient (Wildman–Crippen LogP) is 1.13. The summed E-state index contributed by atoms with van der Waals surface area (Å²) in [4.78, 5) is 0. The molecule has 1 aliphatic carbocycles. The molecule has 2 fully saturated rings. The predicted molar refractivity (Wildman–Crippen MR) is 52.0 cm³/mol. The minimum absolute atomic E-state index is 0.427. The lowest BCUT2D eigenvalue weighted by Gasteiger charge is -2.15. The summed E-state index contributed by atoms with van der Waals surface area (Å²) in [5, 5.41) is 1.96. The van der Waals surface area contributed by atoms with Crippen LogP contribution in [0.2, 0.25) is 0 Å². The molecule has 2 nitrogen and oxygen atoms in total. The molecule has 1 aromatic carbocycles. The minimum atomic E-state index is 0.427. The Balaban J connectivity index is 1.95. The number of rotatable bonds is 1. The van der Waals surface area contributed by atoms with Gasteiger partial charge >= 0.3 is 0 Å². The first-order valence-corrected chi connectivity index (χ1v) is 4.86. The molecule has 2 aliphatic rings. The molecule has 1 saturated heterocycles. The zero-order valence-corrected chi connectivity index (χ0v) is 7.61. The smallest absolute Gasteiger partial charge is 0.0229 e. The molecule has 0 amide bonds. The Labute approximate surface area is 78.3 Å². The van der Waals surface area contributed by atoms with E-state index in [0.29, 0.717) is 5.41 Å².